The molecule has 118 valence electrons. The third-order valence-corrected chi connectivity index (χ3v) is 5.32. The maximum Gasteiger partial charge on any atom is 0.159 e. The number of carbonyl (C=O) groups is 1. The highest BCUT2D eigenvalue weighted by atomic mass is 16.1. The predicted molar refractivity (Wildman–Crippen MR) is 96.7 cm³/mol. The van der Waals surface area contributed by atoms with Crippen molar-refractivity contribution >= 4 is 5.78 Å². The van der Waals surface area contributed by atoms with E-state index in [4.69, 9.17) is 0 Å². The summed E-state index contributed by atoms with van der Waals surface area (Å²) in [6.45, 7) is 1.61. The van der Waals surface area contributed by atoms with Crippen LogP contribution in [-0.2, 0) is 0 Å². The van der Waals surface area contributed by atoms with Gasteiger partial charge in [0.15, 0.2) is 5.78 Å². The average Bonchev–Trinajstić information content (AvgIpc) is 3.22. The van der Waals surface area contributed by atoms with Gasteiger partial charge >= 0.3 is 0 Å². The summed E-state index contributed by atoms with van der Waals surface area (Å²) in [6.07, 6.45) is 5.90. The highest BCUT2D eigenvalue weighted by molar-refractivity contribution is 5.94. The van der Waals surface area contributed by atoms with E-state index >= 15 is 0 Å². The largest absolute Gasteiger partial charge is 0.295 e. The van der Waals surface area contributed by atoms with E-state index in [0.717, 1.165) is 11.1 Å². The molecule has 0 aliphatic heterocycles. The Balaban J connectivity index is 1.65. The molecule has 2 aliphatic carbocycles. The molecule has 2 aromatic carbocycles. The zero-order valence-electron chi connectivity index (χ0n) is 13.8. The van der Waals surface area contributed by atoms with Crippen LogP contribution in [0.1, 0.15) is 40.7 Å². The monoisotopic (exact) mass is 312 g/mol. The lowest BCUT2D eigenvalue weighted by atomic mass is 9.78. The van der Waals surface area contributed by atoms with E-state index in [2.05, 4.69) is 48.3 Å². The van der Waals surface area contributed by atoms with E-state index in [0.29, 0.717) is 23.7 Å². The fourth-order valence-electron chi connectivity index (χ4n) is 4.10. The lowest BCUT2D eigenvalue weighted by molar-refractivity contribution is 0.101. The van der Waals surface area contributed by atoms with E-state index in [-0.39, 0.29) is 5.78 Å². The van der Waals surface area contributed by atoms with Crippen LogP contribution < -0.4 is 0 Å². The lowest BCUT2D eigenvalue weighted by Gasteiger charge is -2.24. The maximum absolute atomic E-state index is 11.5. The number of Topliss-reactive ketones (excluding diaryl/α,β-unsaturated/α-hetero) is 1. The van der Waals surface area contributed by atoms with Crippen LogP contribution in [0.15, 0.2) is 66.7 Å². The minimum absolute atomic E-state index is 0.120. The highest BCUT2D eigenvalue weighted by Crippen LogP contribution is 2.52. The molecular weight excluding hydrogens is 292 g/mol. The summed E-state index contributed by atoms with van der Waals surface area (Å²) < 4.78 is 0. The molecule has 0 heterocycles. The lowest BCUT2D eigenvalue weighted by Crippen LogP contribution is -2.16. The van der Waals surface area contributed by atoms with Gasteiger partial charge in [0.2, 0.25) is 0 Å². The number of carbonyl (C=O) groups excluding carboxylic acids is 1. The Morgan fingerprint density at radius 2 is 1.67 bits per heavy atom. The highest BCUT2D eigenvalue weighted by Gasteiger charge is 2.44. The molecule has 0 N–H and O–H groups in total. The topological polar surface area (TPSA) is 17.1 Å². The van der Waals surface area contributed by atoms with Crippen LogP contribution in [0.2, 0.25) is 0 Å². The van der Waals surface area contributed by atoms with Gasteiger partial charge in [-0.3, -0.25) is 4.79 Å². The van der Waals surface area contributed by atoms with Gasteiger partial charge in [0.25, 0.3) is 0 Å². The maximum atomic E-state index is 11.5. The Kier molecular flexibility index (Phi) is 3.82. The van der Waals surface area contributed by atoms with Gasteiger partial charge in [-0.25, -0.2) is 0 Å². The number of fused-ring (bicyclic) bond motifs is 2. The number of ketones is 1. The molecule has 0 spiro atoms. The Morgan fingerprint density at radius 1 is 0.958 bits per heavy atom. The van der Waals surface area contributed by atoms with Crippen molar-refractivity contribution in [2.24, 2.45) is 17.8 Å². The fraction of sp³-hybridized carbons (Fsp3) is 0.261. The Morgan fingerprint density at radius 3 is 2.38 bits per heavy atom. The summed E-state index contributed by atoms with van der Waals surface area (Å²) in [5.74, 6) is 8.97. The van der Waals surface area contributed by atoms with Crippen molar-refractivity contribution in [2.75, 3.05) is 0 Å². The molecule has 2 aliphatic rings. The third kappa shape index (κ3) is 2.69. The molecule has 0 saturated heterocycles. The minimum atomic E-state index is 0.120. The van der Waals surface area contributed by atoms with Gasteiger partial charge in [0.05, 0.1) is 0 Å². The molecule has 4 unspecified atom stereocenters. The third-order valence-electron chi connectivity index (χ3n) is 5.32. The van der Waals surface area contributed by atoms with Gasteiger partial charge in [-0.1, -0.05) is 66.5 Å². The molecule has 4 atom stereocenters. The molecule has 1 fully saturated rings. The molecule has 1 saturated carbocycles. The molecule has 2 aromatic rings. The standard InChI is InChI=1S/C23H20O/c1-16(24)18-8-10-19(11-9-18)23-21-13-12-20(15-21)22(23)14-7-17-5-3-2-4-6-17/h2-6,8-13,20-23H,15H2,1H3. The van der Waals surface area contributed by atoms with Crippen LogP contribution in [-0.4, -0.2) is 5.78 Å². The molecule has 0 radical (unpaired) electrons. The second kappa shape index (κ2) is 6.13. The van der Waals surface area contributed by atoms with Crippen LogP contribution >= 0.6 is 0 Å². The van der Waals surface area contributed by atoms with Crippen molar-refractivity contribution < 1.29 is 4.79 Å². The summed E-state index contributed by atoms with van der Waals surface area (Å²) in [4.78, 5) is 11.5. The van der Waals surface area contributed by atoms with Crippen LogP contribution in [0.25, 0.3) is 0 Å². The summed E-state index contributed by atoms with van der Waals surface area (Å²) in [6, 6.07) is 18.3. The smallest absolute Gasteiger partial charge is 0.159 e. The van der Waals surface area contributed by atoms with Gasteiger partial charge in [-0.05, 0) is 42.9 Å². The molecule has 1 nitrogen and oxygen atoms in total. The van der Waals surface area contributed by atoms with Crippen molar-refractivity contribution in [3.05, 3.63) is 83.4 Å². The number of benzene rings is 2. The van der Waals surface area contributed by atoms with E-state index in [9.17, 15) is 4.79 Å². The van der Waals surface area contributed by atoms with Crippen molar-refractivity contribution in [3.63, 3.8) is 0 Å². The van der Waals surface area contributed by atoms with Crippen molar-refractivity contribution in [3.8, 4) is 11.8 Å². The molecule has 0 aromatic heterocycles. The first-order chi connectivity index (χ1) is 11.7. The number of hydrogen-bond donors (Lipinski definition) is 0. The first kappa shape index (κ1) is 15.0. The molecule has 0 amide bonds. The van der Waals surface area contributed by atoms with E-state index in [1.807, 2.05) is 30.3 Å². The van der Waals surface area contributed by atoms with Gasteiger partial charge in [0.1, 0.15) is 0 Å². The van der Waals surface area contributed by atoms with Gasteiger partial charge < -0.3 is 0 Å². The zero-order chi connectivity index (χ0) is 16.5. The minimum Gasteiger partial charge on any atom is -0.295 e. The SMILES string of the molecule is CC(=O)c1ccc(C2C3C=CC(C3)C2C#Cc2ccccc2)cc1. The molecule has 4 rings (SSSR count). The van der Waals surface area contributed by atoms with Gasteiger partial charge in [-0.2, -0.15) is 0 Å². The van der Waals surface area contributed by atoms with Crippen LogP contribution in [0.4, 0.5) is 0 Å². The molecule has 1 heteroatoms. The summed E-state index contributed by atoms with van der Waals surface area (Å²) in [5, 5.41) is 0. The van der Waals surface area contributed by atoms with Crippen LogP contribution in [0.5, 0.6) is 0 Å². The van der Waals surface area contributed by atoms with Crippen molar-refractivity contribution in [1.29, 1.82) is 0 Å². The van der Waals surface area contributed by atoms with Crippen LogP contribution in [0, 0.1) is 29.6 Å². The van der Waals surface area contributed by atoms with Gasteiger partial charge in [0, 0.05) is 23.0 Å². The van der Waals surface area contributed by atoms with E-state index in [1.165, 1.54) is 12.0 Å². The average molecular weight is 312 g/mol. The normalized spacial score (nSPS) is 26.9. The van der Waals surface area contributed by atoms with Crippen molar-refractivity contribution in [1.82, 2.24) is 0 Å². The Hall–Kier alpha value is -2.59. The van der Waals surface area contributed by atoms with Crippen LogP contribution in [0.3, 0.4) is 0 Å². The Bertz CT molecular complexity index is 833. The summed E-state index contributed by atoms with van der Waals surface area (Å²) in [5.41, 5.74) is 3.17. The van der Waals surface area contributed by atoms with E-state index < -0.39 is 0 Å². The first-order valence-corrected chi connectivity index (χ1v) is 8.58. The number of hydrogen-bond acceptors (Lipinski definition) is 1. The quantitative estimate of drug-likeness (QED) is 0.440. The van der Waals surface area contributed by atoms with Gasteiger partial charge in [-0.15, -0.1) is 0 Å². The summed E-state index contributed by atoms with van der Waals surface area (Å²) >= 11 is 0. The number of rotatable bonds is 2. The second-order valence-corrected chi connectivity index (χ2v) is 6.81. The number of allylic oxidation sites excluding steroid dienone is 2. The van der Waals surface area contributed by atoms with Crippen molar-refractivity contribution in [2.45, 2.75) is 19.3 Å². The first-order valence-electron chi connectivity index (χ1n) is 8.58. The molecular formula is C23H20O. The summed E-state index contributed by atoms with van der Waals surface area (Å²) in [7, 11) is 0. The molecule has 2 bridgehead atoms. The van der Waals surface area contributed by atoms with E-state index in [1.54, 1.807) is 6.92 Å². The zero-order valence-corrected chi connectivity index (χ0v) is 13.8. The fourth-order valence-corrected chi connectivity index (χ4v) is 4.10. The second-order valence-electron chi connectivity index (χ2n) is 6.81. The Labute approximate surface area is 143 Å². The molecule has 24 heavy (non-hydrogen) atoms. The predicted octanol–water partition coefficient (Wildman–Crippen LogP) is 4.85.